The summed E-state index contributed by atoms with van der Waals surface area (Å²) >= 11 is 0. The smallest absolute Gasteiger partial charge is 0.306 e. The van der Waals surface area contributed by atoms with Crippen molar-refractivity contribution in [2.24, 2.45) is 0 Å². The largest absolute Gasteiger partial charge is 0.462 e. The fourth-order valence-corrected chi connectivity index (χ4v) is 1.70. The molecule has 0 atom stereocenters. The molecule has 2 heteroatoms. The van der Waals surface area contributed by atoms with E-state index in [2.05, 4.69) is 6.92 Å². The first-order valence-corrected chi connectivity index (χ1v) is 5.31. The first kappa shape index (κ1) is 10.6. The molecule has 0 aliphatic heterocycles. The lowest BCUT2D eigenvalue weighted by atomic mass is 10.2. The molecule has 1 radical (unpaired) electrons. The number of esters is 1. The third kappa shape index (κ3) is 4.30. The Balaban J connectivity index is 2.02. The van der Waals surface area contributed by atoms with Gasteiger partial charge in [-0.1, -0.05) is 19.8 Å². The molecule has 0 heterocycles. The van der Waals surface area contributed by atoms with E-state index in [1.54, 1.807) is 0 Å². The van der Waals surface area contributed by atoms with Crippen molar-refractivity contribution in [2.45, 2.75) is 57.5 Å². The number of carbonyl (C=O) groups is 1. The lowest BCUT2D eigenvalue weighted by Gasteiger charge is -2.10. The van der Waals surface area contributed by atoms with Gasteiger partial charge in [0.15, 0.2) is 0 Å². The molecule has 0 bridgehead atoms. The van der Waals surface area contributed by atoms with Gasteiger partial charge in [0.2, 0.25) is 0 Å². The zero-order valence-electron chi connectivity index (χ0n) is 8.26. The Labute approximate surface area is 80.7 Å². The molecule has 1 aliphatic carbocycles. The van der Waals surface area contributed by atoms with Gasteiger partial charge in [-0.2, -0.15) is 0 Å². The molecule has 0 aromatic carbocycles. The van der Waals surface area contributed by atoms with Crippen molar-refractivity contribution in [2.75, 3.05) is 0 Å². The normalized spacial score (nSPS) is 17.6. The van der Waals surface area contributed by atoms with Gasteiger partial charge in [-0.25, -0.2) is 0 Å². The van der Waals surface area contributed by atoms with E-state index in [0.717, 1.165) is 32.1 Å². The minimum Gasteiger partial charge on any atom is -0.462 e. The second-order valence-electron chi connectivity index (χ2n) is 3.71. The van der Waals surface area contributed by atoms with Crippen LogP contribution in [0, 0.1) is 6.92 Å². The van der Waals surface area contributed by atoms with Gasteiger partial charge in [0.25, 0.3) is 0 Å². The topological polar surface area (TPSA) is 26.3 Å². The zero-order chi connectivity index (χ0) is 9.52. The number of carbonyl (C=O) groups excluding carboxylic acids is 1. The van der Waals surface area contributed by atoms with Gasteiger partial charge in [-0.05, 0) is 32.1 Å². The van der Waals surface area contributed by atoms with Gasteiger partial charge in [0, 0.05) is 6.42 Å². The highest BCUT2D eigenvalue weighted by atomic mass is 16.5. The van der Waals surface area contributed by atoms with Crippen LogP contribution in [0.4, 0.5) is 0 Å². The molecule has 1 fully saturated rings. The van der Waals surface area contributed by atoms with Crippen molar-refractivity contribution in [3.63, 3.8) is 0 Å². The van der Waals surface area contributed by atoms with Crippen LogP contribution in [0.15, 0.2) is 0 Å². The summed E-state index contributed by atoms with van der Waals surface area (Å²) in [7, 11) is 0. The quantitative estimate of drug-likeness (QED) is 0.484. The van der Waals surface area contributed by atoms with Crippen molar-refractivity contribution in [1.82, 2.24) is 0 Å². The maximum absolute atomic E-state index is 11.2. The fourth-order valence-electron chi connectivity index (χ4n) is 1.70. The molecular formula is C11H19O2. The lowest BCUT2D eigenvalue weighted by molar-refractivity contribution is -0.148. The number of unbranched alkanes of at least 4 members (excludes halogenated alkanes) is 2. The summed E-state index contributed by atoms with van der Waals surface area (Å²) in [6, 6.07) is 0. The molecule has 0 spiro atoms. The summed E-state index contributed by atoms with van der Waals surface area (Å²) in [5.41, 5.74) is 0. The summed E-state index contributed by atoms with van der Waals surface area (Å²) in [5, 5.41) is 0. The van der Waals surface area contributed by atoms with E-state index in [0.29, 0.717) is 6.42 Å². The Bertz CT molecular complexity index is 148. The van der Waals surface area contributed by atoms with Crippen LogP contribution in [0.25, 0.3) is 0 Å². The van der Waals surface area contributed by atoms with Crippen LogP contribution in [-0.2, 0) is 9.53 Å². The average Bonchev–Trinajstić information content (AvgIpc) is 2.57. The van der Waals surface area contributed by atoms with Crippen LogP contribution in [0.5, 0.6) is 0 Å². The molecule has 13 heavy (non-hydrogen) atoms. The SMILES string of the molecule is [CH2]CCCCC(=O)OC1CCCC1. The molecule has 1 aliphatic rings. The maximum atomic E-state index is 11.2. The van der Waals surface area contributed by atoms with E-state index in [4.69, 9.17) is 4.74 Å². The highest BCUT2D eigenvalue weighted by molar-refractivity contribution is 5.69. The van der Waals surface area contributed by atoms with E-state index in [1.807, 2.05) is 0 Å². The van der Waals surface area contributed by atoms with Crippen LogP contribution >= 0.6 is 0 Å². The number of hydrogen-bond acceptors (Lipinski definition) is 2. The molecule has 0 aromatic rings. The predicted molar refractivity (Wildman–Crippen MR) is 52.2 cm³/mol. The highest BCUT2D eigenvalue weighted by Gasteiger charge is 2.18. The van der Waals surface area contributed by atoms with Crippen molar-refractivity contribution < 1.29 is 9.53 Å². The molecule has 2 nitrogen and oxygen atoms in total. The van der Waals surface area contributed by atoms with Crippen LogP contribution in [0.2, 0.25) is 0 Å². The van der Waals surface area contributed by atoms with Crippen LogP contribution < -0.4 is 0 Å². The van der Waals surface area contributed by atoms with Gasteiger partial charge >= 0.3 is 5.97 Å². The van der Waals surface area contributed by atoms with Crippen molar-refractivity contribution in [3.8, 4) is 0 Å². The van der Waals surface area contributed by atoms with Gasteiger partial charge in [0.1, 0.15) is 6.10 Å². The lowest BCUT2D eigenvalue weighted by Crippen LogP contribution is -2.14. The third-order valence-electron chi connectivity index (χ3n) is 2.48. The molecule has 0 unspecified atom stereocenters. The summed E-state index contributed by atoms with van der Waals surface area (Å²) in [6.45, 7) is 3.73. The molecule has 0 amide bonds. The maximum Gasteiger partial charge on any atom is 0.306 e. The van der Waals surface area contributed by atoms with Crippen molar-refractivity contribution in [3.05, 3.63) is 6.92 Å². The summed E-state index contributed by atoms with van der Waals surface area (Å²) in [5.74, 6) is -0.0136. The second-order valence-corrected chi connectivity index (χ2v) is 3.71. The standard InChI is InChI=1S/C11H19O2/c1-2-3-4-9-11(12)13-10-7-5-6-8-10/h10H,1-9H2. The van der Waals surface area contributed by atoms with Gasteiger partial charge < -0.3 is 4.74 Å². The first-order valence-electron chi connectivity index (χ1n) is 5.31. The van der Waals surface area contributed by atoms with Gasteiger partial charge in [-0.15, -0.1) is 0 Å². The van der Waals surface area contributed by atoms with Gasteiger partial charge in [0.05, 0.1) is 0 Å². The highest BCUT2D eigenvalue weighted by Crippen LogP contribution is 2.21. The fraction of sp³-hybridized carbons (Fsp3) is 0.818. The Morgan fingerprint density at radius 2 is 2.00 bits per heavy atom. The predicted octanol–water partition coefficient (Wildman–Crippen LogP) is 2.87. The Kier molecular flexibility index (Phi) is 4.87. The Morgan fingerprint density at radius 1 is 1.31 bits per heavy atom. The van der Waals surface area contributed by atoms with E-state index < -0.39 is 0 Å². The number of hydrogen-bond donors (Lipinski definition) is 0. The second kappa shape index (κ2) is 6.01. The molecule has 1 saturated carbocycles. The molecule has 0 N–H and O–H groups in total. The van der Waals surface area contributed by atoms with Gasteiger partial charge in [-0.3, -0.25) is 4.79 Å². The molecule has 1 rings (SSSR count). The van der Waals surface area contributed by atoms with E-state index in [1.165, 1.54) is 12.8 Å². The number of rotatable bonds is 5. The molecule has 75 valence electrons. The third-order valence-corrected chi connectivity index (χ3v) is 2.48. The Hall–Kier alpha value is -0.530. The van der Waals surface area contributed by atoms with Crippen LogP contribution in [0.1, 0.15) is 51.4 Å². The van der Waals surface area contributed by atoms with Crippen molar-refractivity contribution >= 4 is 5.97 Å². The Morgan fingerprint density at radius 3 is 2.62 bits per heavy atom. The summed E-state index contributed by atoms with van der Waals surface area (Å²) in [6.07, 6.45) is 8.25. The van der Waals surface area contributed by atoms with Crippen LogP contribution in [0.3, 0.4) is 0 Å². The summed E-state index contributed by atoms with van der Waals surface area (Å²) < 4.78 is 5.30. The molecule has 0 saturated heterocycles. The number of ether oxygens (including phenoxy) is 1. The minimum absolute atomic E-state index is 0.0136. The van der Waals surface area contributed by atoms with E-state index in [-0.39, 0.29) is 12.1 Å². The monoisotopic (exact) mass is 183 g/mol. The van der Waals surface area contributed by atoms with E-state index in [9.17, 15) is 4.79 Å². The first-order chi connectivity index (χ1) is 6.33. The molecule has 0 aromatic heterocycles. The summed E-state index contributed by atoms with van der Waals surface area (Å²) in [4.78, 5) is 11.2. The van der Waals surface area contributed by atoms with Crippen LogP contribution in [-0.4, -0.2) is 12.1 Å². The van der Waals surface area contributed by atoms with Crippen molar-refractivity contribution in [1.29, 1.82) is 0 Å². The zero-order valence-corrected chi connectivity index (χ0v) is 8.26. The average molecular weight is 183 g/mol. The van der Waals surface area contributed by atoms with E-state index >= 15 is 0 Å². The molecular weight excluding hydrogens is 164 g/mol. The minimum atomic E-state index is -0.0136.